The number of carbonyl (C=O) groups is 2. The highest BCUT2D eigenvalue weighted by molar-refractivity contribution is 6.30. The summed E-state index contributed by atoms with van der Waals surface area (Å²) in [6.07, 6.45) is 3.63. The topological polar surface area (TPSA) is 49.4 Å². The summed E-state index contributed by atoms with van der Waals surface area (Å²) >= 11 is 6.03. The number of likely N-dealkylation sites (N-methyl/N-ethyl adjacent to an activating group) is 1. The van der Waals surface area contributed by atoms with Crippen molar-refractivity contribution in [2.24, 2.45) is 0 Å². The Morgan fingerprint density at radius 1 is 1.04 bits per heavy atom. The summed E-state index contributed by atoms with van der Waals surface area (Å²) in [5.74, 6) is -0.179. The van der Waals surface area contributed by atoms with Gasteiger partial charge >= 0.3 is 0 Å². The summed E-state index contributed by atoms with van der Waals surface area (Å²) < 4.78 is 0. The highest BCUT2D eigenvalue weighted by Gasteiger charge is 2.44. The quantitative estimate of drug-likeness (QED) is 0.781. The summed E-state index contributed by atoms with van der Waals surface area (Å²) in [5.41, 5.74) is 3.27. The highest BCUT2D eigenvalue weighted by atomic mass is 35.5. The molecular weight excluding hydrogens is 372 g/mol. The molecule has 2 aromatic carbocycles. The maximum Gasteiger partial charge on any atom is 0.243 e. The van der Waals surface area contributed by atoms with Gasteiger partial charge < -0.3 is 10.2 Å². The van der Waals surface area contributed by atoms with Crippen LogP contribution < -0.4 is 5.32 Å². The van der Waals surface area contributed by atoms with Crippen LogP contribution in [0.4, 0.5) is 5.69 Å². The van der Waals surface area contributed by atoms with Crippen molar-refractivity contribution in [2.75, 3.05) is 18.9 Å². The third-order valence-electron chi connectivity index (χ3n) is 5.74. The molecule has 3 rings (SSSR count). The first-order valence-electron chi connectivity index (χ1n) is 9.71. The molecule has 0 heterocycles. The van der Waals surface area contributed by atoms with Crippen LogP contribution in [-0.4, -0.2) is 30.3 Å². The summed E-state index contributed by atoms with van der Waals surface area (Å²) in [7, 11) is 1.71. The lowest BCUT2D eigenvalue weighted by atomic mass is 9.77. The Balaban J connectivity index is 1.75. The van der Waals surface area contributed by atoms with Crippen molar-refractivity contribution in [3.63, 3.8) is 0 Å². The fourth-order valence-corrected chi connectivity index (χ4v) is 4.34. The highest BCUT2D eigenvalue weighted by Crippen LogP contribution is 2.42. The van der Waals surface area contributed by atoms with Gasteiger partial charge in [-0.2, -0.15) is 0 Å². The molecule has 2 aromatic rings. The zero-order valence-electron chi connectivity index (χ0n) is 16.7. The van der Waals surface area contributed by atoms with E-state index in [1.54, 1.807) is 11.9 Å². The summed E-state index contributed by atoms with van der Waals surface area (Å²) in [6.45, 7) is 3.96. The van der Waals surface area contributed by atoms with Gasteiger partial charge in [-0.15, -0.1) is 0 Å². The monoisotopic (exact) mass is 398 g/mol. The first kappa shape index (κ1) is 20.4. The molecule has 0 radical (unpaired) electrons. The zero-order chi connectivity index (χ0) is 20.3. The van der Waals surface area contributed by atoms with Crippen molar-refractivity contribution >= 4 is 29.1 Å². The molecular formula is C23H27ClN2O2. The van der Waals surface area contributed by atoms with Crippen molar-refractivity contribution < 1.29 is 9.59 Å². The number of anilines is 1. The van der Waals surface area contributed by atoms with Crippen LogP contribution in [0.5, 0.6) is 0 Å². The van der Waals surface area contributed by atoms with Gasteiger partial charge in [0.2, 0.25) is 11.8 Å². The number of hydrogen-bond donors (Lipinski definition) is 1. The van der Waals surface area contributed by atoms with Crippen LogP contribution in [0.25, 0.3) is 0 Å². The average Bonchev–Trinajstić information content (AvgIpc) is 3.15. The minimum absolute atomic E-state index is 0.00368. The Hall–Kier alpha value is -2.33. The molecule has 1 N–H and O–H groups in total. The Morgan fingerprint density at radius 3 is 2.18 bits per heavy atom. The van der Waals surface area contributed by atoms with Crippen LogP contribution in [0.15, 0.2) is 42.5 Å². The minimum Gasteiger partial charge on any atom is -0.336 e. The van der Waals surface area contributed by atoms with Crippen LogP contribution in [-0.2, 0) is 15.0 Å². The van der Waals surface area contributed by atoms with E-state index in [9.17, 15) is 9.59 Å². The number of carbonyl (C=O) groups excluding carboxylic acids is 2. The number of rotatable bonds is 5. The van der Waals surface area contributed by atoms with Crippen LogP contribution in [0.2, 0.25) is 5.02 Å². The SMILES string of the molecule is Cc1cccc(C)c1NC(=O)CN(C)C(=O)C1(c2ccc(Cl)cc2)CCCC1. The normalized spacial score (nSPS) is 15.3. The third-order valence-corrected chi connectivity index (χ3v) is 5.99. The standard InChI is InChI=1S/C23H27ClN2O2/c1-16-7-6-8-17(2)21(16)25-20(27)15-26(3)22(28)23(13-4-5-14-23)18-9-11-19(24)12-10-18/h6-12H,4-5,13-15H2,1-3H3,(H,25,27). The van der Waals surface area contributed by atoms with Gasteiger partial charge in [0.15, 0.2) is 0 Å². The van der Waals surface area contributed by atoms with Crippen molar-refractivity contribution in [1.29, 1.82) is 0 Å². The fraction of sp³-hybridized carbons (Fsp3) is 0.391. The zero-order valence-corrected chi connectivity index (χ0v) is 17.5. The van der Waals surface area contributed by atoms with Gasteiger partial charge in [-0.25, -0.2) is 0 Å². The lowest BCUT2D eigenvalue weighted by Crippen LogP contribution is -2.46. The lowest BCUT2D eigenvalue weighted by molar-refractivity contribution is -0.138. The number of hydrogen-bond acceptors (Lipinski definition) is 2. The van der Waals surface area contributed by atoms with Crippen LogP contribution in [0.1, 0.15) is 42.4 Å². The number of para-hydroxylation sites is 1. The lowest BCUT2D eigenvalue weighted by Gasteiger charge is -2.32. The number of amides is 2. The number of nitrogens with zero attached hydrogens (tertiary/aromatic N) is 1. The van der Waals surface area contributed by atoms with Crippen molar-refractivity contribution in [2.45, 2.75) is 44.9 Å². The molecule has 2 amide bonds. The van der Waals surface area contributed by atoms with E-state index in [1.165, 1.54) is 0 Å². The molecule has 0 spiro atoms. The molecule has 0 bridgehead atoms. The Morgan fingerprint density at radius 2 is 1.61 bits per heavy atom. The first-order chi connectivity index (χ1) is 13.3. The Kier molecular flexibility index (Phi) is 6.09. The first-order valence-corrected chi connectivity index (χ1v) is 10.1. The van der Waals surface area contributed by atoms with Crippen LogP contribution >= 0.6 is 11.6 Å². The molecule has 5 heteroatoms. The smallest absolute Gasteiger partial charge is 0.243 e. The van der Waals surface area contributed by atoms with Gasteiger partial charge in [-0.3, -0.25) is 9.59 Å². The van der Waals surface area contributed by atoms with E-state index < -0.39 is 5.41 Å². The van der Waals surface area contributed by atoms with E-state index in [2.05, 4.69) is 5.32 Å². The predicted octanol–water partition coefficient (Wildman–Crippen LogP) is 4.87. The number of benzene rings is 2. The predicted molar refractivity (Wildman–Crippen MR) is 114 cm³/mol. The largest absolute Gasteiger partial charge is 0.336 e. The molecule has 4 nitrogen and oxygen atoms in total. The third kappa shape index (κ3) is 4.07. The molecule has 0 atom stereocenters. The molecule has 28 heavy (non-hydrogen) atoms. The molecule has 1 aliphatic rings. The maximum absolute atomic E-state index is 13.4. The van der Waals surface area contributed by atoms with Crippen molar-refractivity contribution in [3.05, 3.63) is 64.2 Å². The molecule has 0 unspecified atom stereocenters. The molecule has 0 aliphatic heterocycles. The Bertz CT molecular complexity index is 850. The van der Waals surface area contributed by atoms with E-state index in [4.69, 9.17) is 11.6 Å². The number of aryl methyl sites for hydroxylation is 2. The van der Waals surface area contributed by atoms with Gasteiger partial charge in [0.05, 0.1) is 12.0 Å². The van der Waals surface area contributed by atoms with Crippen molar-refractivity contribution in [1.82, 2.24) is 4.90 Å². The molecule has 1 aliphatic carbocycles. The van der Waals surface area contributed by atoms with Gasteiger partial charge in [0.1, 0.15) is 0 Å². The summed E-state index contributed by atoms with van der Waals surface area (Å²) in [4.78, 5) is 27.6. The van der Waals surface area contributed by atoms with E-state index in [-0.39, 0.29) is 18.4 Å². The van der Waals surface area contributed by atoms with Gasteiger partial charge in [0.25, 0.3) is 0 Å². The number of halogens is 1. The van der Waals surface area contributed by atoms with E-state index in [0.717, 1.165) is 48.1 Å². The summed E-state index contributed by atoms with van der Waals surface area (Å²) in [5, 5.41) is 3.62. The van der Waals surface area contributed by atoms with Gasteiger partial charge in [-0.1, -0.05) is 54.8 Å². The fourth-order valence-electron chi connectivity index (χ4n) is 4.22. The minimum atomic E-state index is -0.557. The second-order valence-corrected chi connectivity index (χ2v) is 8.21. The number of nitrogens with one attached hydrogen (secondary N) is 1. The molecule has 1 fully saturated rings. The second-order valence-electron chi connectivity index (χ2n) is 7.77. The van der Waals surface area contributed by atoms with Gasteiger partial charge in [-0.05, 0) is 55.5 Å². The summed E-state index contributed by atoms with van der Waals surface area (Å²) in [6, 6.07) is 13.4. The average molecular weight is 399 g/mol. The van der Waals surface area contributed by atoms with E-state index >= 15 is 0 Å². The van der Waals surface area contributed by atoms with Crippen molar-refractivity contribution in [3.8, 4) is 0 Å². The van der Waals surface area contributed by atoms with E-state index in [1.807, 2.05) is 56.3 Å². The molecule has 148 valence electrons. The van der Waals surface area contributed by atoms with Crippen LogP contribution in [0, 0.1) is 13.8 Å². The van der Waals surface area contributed by atoms with Gasteiger partial charge in [0, 0.05) is 17.8 Å². The van der Waals surface area contributed by atoms with E-state index in [0.29, 0.717) is 5.02 Å². The maximum atomic E-state index is 13.4. The van der Waals surface area contributed by atoms with Crippen LogP contribution in [0.3, 0.4) is 0 Å². The molecule has 0 saturated heterocycles. The molecule has 0 aromatic heterocycles. The second kappa shape index (κ2) is 8.36. The molecule has 1 saturated carbocycles. The Labute approximate surface area is 171 Å².